The Bertz CT molecular complexity index is 810. The molecule has 0 fully saturated rings. The molecule has 0 aliphatic carbocycles. The molecule has 1 amide bonds. The third-order valence-corrected chi connectivity index (χ3v) is 3.70. The highest BCUT2D eigenvalue weighted by Crippen LogP contribution is 2.20. The Hall–Kier alpha value is -2.33. The third kappa shape index (κ3) is 2.90. The number of amides is 1. The molecule has 0 atom stereocenters. The van der Waals surface area contributed by atoms with Gasteiger partial charge in [0.25, 0.3) is 0 Å². The maximum atomic E-state index is 12.1. The Kier molecular flexibility index (Phi) is 3.62. The van der Waals surface area contributed by atoms with Crippen LogP contribution >= 0.6 is 11.6 Å². The maximum Gasteiger partial charge on any atom is 0.244 e. The molecule has 3 rings (SSSR count). The Morgan fingerprint density at radius 1 is 1.29 bits per heavy atom. The summed E-state index contributed by atoms with van der Waals surface area (Å²) in [6, 6.07) is 13.2. The minimum atomic E-state index is -0.113. The van der Waals surface area contributed by atoms with Crippen LogP contribution in [0.1, 0.15) is 5.56 Å². The molecular formula is C16H14ClN3O. The van der Waals surface area contributed by atoms with E-state index in [9.17, 15) is 4.79 Å². The molecule has 0 spiro atoms. The number of para-hydroxylation sites is 2. The van der Waals surface area contributed by atoms with Gasteiger partial charge >= 0.3 is 0 Å². The Morgan fingerprint density at radius 3 is 2.90 bits per heavy atom. The minimum Gasteiger partial charge on any atom is -0.324 e. The average molecular weight is 300 g/mol. The molecule has 1 N–H and O–H groups in total. The second kappa shape index (κ2) is 5.58. The lowest BCUT2D eigenvalue weighted by molar-refractivity contribution is -0.116. The zero-order valence-corrected chi connectivity index (χ0v) is 12.3. The number of hydrogen-bond acceptors (Lipinski definition) is 2. The molecule has 1 aromatic heterocycles. The first kappa shape index (κ1) is 13.6. The molecule has 4 nitrogen and oxygen atoms in total. The molecule has 3 aromatic rings. The van der Waals surface area contributed by atoms with Crippen LogP contribution in [0.15, 0.2) is 48.8 Å². The van der Waals surface area contributed by atoms with Crippen LogP contribution in [0.2, 0.25) is 5.02 Å². The number of benzene rings is 2. The molecule has 21 heavy (non-hydrogen) atoms. The van der Waals surface area contributed by atoms with Crippen LogP contribution in [0, 0.1) is 6.92 Å². The van der Waals surface area contributed by atoms with Gasteiger partial charge in [-0.15, -0.1) is 0 Å². The van der Waals surface area contributed by atoms with Crippen molar-refractivity contribution in [3.05, 3.63) is 59.4 Å². The van der Waals surface area contributed by atoms with Crippen LogP contribution in [-0.2, 0) is 11.3 Å². The topological polar surface area (TPSA) is 46.9 Å². The number of nitrogens with one attached hydrogen (secondary N) is 1. The molecule has 2 aromatic carbocycles. The summed E-state index contributed by atoms with van der Waals surface area (Å²) < 4.78 is 1.82. The van der Waals surface area contributed by atoms with E-state index in [0.29, 0.717) is 10.7 Å². The van der Waals surface area contributed by atoms with Gasteiger partial charge in [0.15, 0.2) is 0 Å². The highest BCUT2D eigenvalue weighted by Gasteiger charge is 2.08. The number of carbonyl (C=O) groups excluding carboxylic acids is 1. The Labute approximate surface area is 127 Å². The molecule has 0 aliphatic heterocycles. The van der Waals surface area contributed by atoms with E-state index in [1.165, 1.54) is 0 Å². The molecule has 1 heterocycles. The first-order valence-corrected chi connectivity index (χ1v) is 6.97. The fourth-order valence-electron chi connectivity index (χ4n) is 2.16. The number of halogens is 1. The van der Waals surface area contributed by atoms with Gasteiger partial charge in [0, 0.05) is 10.7 Å². The van der Waals surface area contributed by atoms with Crippen molar-refractivity contribution < 1.29 is 4.79 Å². The fraction of sp³-hybridized carbons (Fsp3) is 0.125. The molecule has 5 heteroatoms. The largest absolute Gasteiger partial charge is 0.324 e. The number of carbonyl (C=O) groups is 1. The molecule has 0 unspecified atom stereocenters. The van der Waals surface area contributed by atoms with E-state index in [2.05, 4.69) is 10.3 Å². The Balaban J connectivity index is 1.75. The second-order valence-electron chi connectivity index (χ2n) is 4.87. The monoisotopic (exact) mass is 299 g/mol. The van der Waals surface area contributed by atoms with E-state index in [0.717, 1.165) is 16.6 Å². The van der Waals surface area contributed by atoms with Crippen LogP contribution in [0.4, 0.5) is 5.69 Å². The molecule has 0 radical (unpaired) electrons. The average Bonchev–Trinajstić information content (AvgIpc) is 2.86. The van der Waals surface area contributed by atoms with Gasteiger partial charge in [0.05, 0.1) is 17.4 Å². The maximum absolute atomic E-state index is 12.1. The summed E-state index contributed by atoms with van der Waals surface area (Å²) in [4.78, 5) is 16.4. The van der Waals surface area contributed by atoms with Gasteiger partial charge < -0.3 is 9.88 Å². The van der Waals surface area contributed by atoms with Gasteiger partial charge in [-0.05, 0) is 36.8 Å². The van der Waals surface area contributed by atoms with Gasteiger partial charge in [-0.3, -0.25) is 4.79 Å². The summed E-state index contributed by atoms with van der Waals surface area (Å²) in [6.07, 6.45) is 1.67. The van der Waals surface area contributed by atoms with Gasteiger partial charge in [-0.1, -0.05) is 29.8 Å². The van der Waals surface area contributed by atoms with E-state index in [1.807, 2.05) is 47.9 Å². The summed E-state index contributed by atoms with van der Waals surface area (Å²) in [5.74, 6) is -0.113. The van der Waals surface area contributed by atoms with Crippen LogP contribution in [-0.4, -0.2) is 15.5 Å². The number of aryl methyl sites for hydroxylation is 1. The summed E-state index contributed by atoms with van der Waals surface area (Å²) >= 11 is 6.05. The van der Waals surface area contributed by atoms with Crippen molar-refractivity contribution in [3.8, 4) is 0 Å². The van der Waals surface area contributed by atoms with Crippen molar-refractivity contribution in [3.63, 3.8) is 0 Å². The normalized spacial score (nSPS) is 10.8. The zero-order valence-electron chi connectivity index (χ0n) is 11.5. The lowest BCUT2D eigenvalue weighted by Crippen LogP contribution is -2.18. The van der Waals surface area contributed by atoms with Crippen LogP contribution in [0.5, 0.6) is 0 Å². The lowest BCUT2D eigenvalue weighted by atomic mass is 10.2. The summed E-state index contributed by atoms with van der Waals surface area (Å²) in [7, 11) is 0. The number of fused-ring (bicyclic) bond motifs is 1. The van der Waals surface area contributed by atoms with Gasteiger partial charge in [0.2, 0.25) is 5.91 Å². The molecule has 0 saturated heterocycles. The highest BCUT2D eigenvalue weighted by molar-refractivity contribution is 6.31. The van der Waals surface area contributed by atoms with E-state index >= 15 is 0 Å². The lowest BCUT2D eigenvalue weighted by Gasteiger charge is -2.08. The van der Waals surface area contributed by atoms with Crippen molar-refractivity contribution in [2.45, 2.75) is 13.5 Å². The van der Waals surface area contributed by atoms with E-state index < -0.39 is 0 Å². The number of imidazole rings is 1. The number of hydrogen-bond donors (Lipinski definition) is 1. The summed E-state index contributed by atoms with van der Waals surface area (Å²) in [5, 5.41) is 3.48. The van der Waals surface area contributed by atoms with Crippen LogP contribution in [0.3, 0.4) is 0 Å². The molecule has 106 valence electrons. The minimum absolute atomic E-state index is 0.113. The van der Waals surface area contributed by atoms with Crippen molar-refractivity contribution >= 4 is 34.2 Å². The SMILES string of the molecule is Cc1ccc(NC(=O)Cn2cnc3ccccc32)cc1Cl. The first-order valence-electron chi connectivity index (χ1n) is 6.59. The predicted octanol–water partition coefficient (Wildman–Crippen LogP) is 3.64. The summed E-state index contributed by atoms with van der Waals surface area (Å²) in [5.41, 5.74) is 3.49. The van der Waals surface area contributed by atoms with E-state index in [-0.39, 0.29) is 12.5 Å². The highest BCUT2D eigenvalue weighted by atomic mass is 35.5. The van der Waals surface area contributed by atoms with Crippen molar-refractivity contribution in [2.75, 3.05) is 5.32 Å². The van der Waals surface area contributed by atoms with Gasteiger partial charge in [0.1, 0.15) is 6.54 Å². The molecule has 0 bridgehead atoms. The van der Waals surface area contributed by atoms with Crippen LogP contribution < -0.4 is 5.32 Å². The van der Waals surface area contributed by atoms with Crippen molar-refractivity contribution in [1.82, 2.24) is 9.55 Å². The number of anilines is 1. The van der Waals surface area contributed by atoms with E-state index in [4.69, 9.17) is 11.6 Å². The second-order valence-corrected chi connectivity index (χ2v) is 5.28. The molecule has 0 saturated carbocycles. The first-order chi connectivity index (χ1) is 10.1. The Morgan fingerprint density at radius 2 is 2.10 bits per heavy atom. The van der Waals surface area contributed by atoms with Crippen molar-refractivity contribution in [2.24, 2.45) is 0 Å². The third-order valence-electron chi connectivity index (χ3n) is 3.30. The molecular weight excluding hydrogens is 286 g/mol. The fourth-order valence-corrected chi connectivity index (χ4v) is 2.34. The molecule has 0 aliphatic rings. The number of nitrogens with zero attached hydrogens (tertiary/aromatic N) is 2. The van der Waals surface area contributed by atoms with E-state index in [1.54, 1.807) is 12.4 Å². The quantitative estimate of drug-likeness (QED) is 0.802. The predicted molar refractivity (Wildman–Crippen MR) is 84.6 cm³/mol. The number of aromatic nitrogens is 2. The zero-order chi connectivity index (χ0) is 14.8. The summed E-state index contributed by atoms with van der Waals surface area (Å²) in [6.45, 7) is 2.14. The smallest absolute Gasteiger partial charge is 0.244 e. The standard InChI is InChI=1S/C16H14ClN3O/c1-11-6-7-12(8-13(11)17)19-16(21)9-20-10-18-14-4-2-3-5-15(14)20/h2-8,10H,9H2,1H3,(H,19,21). The van der Waals surface area contributed by atoms with Crippen molar-refractivity contribution in [1.29, 1.82) is 0 Å². The van der Waals surface area contributed by atoms with Gasteiger partial charge in [-0.2, -0.15) is 0 Å². The number of rotatable bonds is 3. The van der Waals surface area contributed by atoms with Gasteiger partial charge in [-0.25, -0.2) is 4.98 Å². The van der Waals surface area contributed by atoms with Crippen LogP contribution in [0.25, 0.3) is 11.0 Å².